The molecule has 0 spiro atoms. The second-order valence-corrected chi connectivity index (χ2v) is 7.66. The molecule has 5 heteroatoms. The van der Waals surface area contributed by atoms with Crippen LogP contribution in [0.3, 0.4) is 0 Å². The Hall–Kier alpha value is -3.73. The number of nitrogens with zero attached hydrogens (tertiary/aromatic N) is 3. The van der Waals surface area contributed by atoms with Gasteiger partial charge >= 0.3 is 0 Å². The summed E-state index contributed by atoms with van der Waals surface area (Å²) in [6, 6.07) is 22.1. The van der Waals surface area contributed by atoms with Crippen LogP contribution >= 0.6 is 0 Å². The molecule has 4 aromatic rings. The van der Waals surface area contributed by atoms with Gasteiger partial charge in [0, 0.05) is 31.1 Å². The van der Waals surface area contributed by atoms with Gasteiger partial charge in [0.2, 0.25) is 5.91 Å². The van der Waals surface area contributed by atoms with E-state index in [-0.39, 0.29) is 12.3 Å². The van der Waals surface area contributed by atoms with Gasteiger partial charge in [-0.1, -0.05) is 65.7 Å². The highest BCUT2D eigenvalue weighted by Gasteiger charge is 2.09. The number of aryl methyl sites for hydroxylation is 3. The fourth-order valence-corrected chi connectivity index (χ4v) is 3.27. The molecule has 2 aromatic heterocycles. The third-order valence-corrected chi connectivity index (χ3v) is 5.07. The van der Waals surface area contributed by atoms with Crippen LogP contribution in [0, 0.1) is 13.8 Å². The van der Waals surface area contributed by atoms with Crippen LogP contribution in [0.5, 0.6) is 0 Å². The zero-order valence-corrected chi connectivity index (χ0v) is 17.8. The van der Waals surface area contributed by atoms with Gasteiger partial charge in [-0.3, -0.25) is 4.79 Å². The average Bonchev–Trinajstić information content (AvgIpc) is 3.25. The highest BCUT2D eigenvalue weighted by Crippen LogP contribution is 2.21. The van der Waals surface area contributed by atoms with Crippen molar-refractivity contribution in [2.75, 3.05) is 0 Å². The summed E-state index contributed by atoms with van der Waals surface area (Å²) in [5.74, 6) is 1.05. The number of amides is 1. The van der Waals surface area contributed by atoms with Crippen LogP contribution < -0.4 is 5.49 Å². The predicted octanol–water partition coefficient (Wildman–Crippen LogP) is 4.87. The summed E-state index contributed by atoms with van der Waals surface area (Å²) in [5.41, 5.74) is 5.19. The Kier molecular flexibility index (Phi) is 6.22. The number of hydrogen-bond donors (Lipinski definition) is 0. The summed E-state index contributed by atoms with van der Waals surface area (Å²) in [6.07, 6.45) is 4.30. The van der Waals surface area contributed by atoms with E-state index in [1.165, 1.54) is 11.1 Å². The van der Waals surface area contributed by atoms with Crippen molar-refractivity contribution in [3.05, 3.63) is 107 Å². The van der Waals surface area contributed by atoms with Crippen LogP contribution in [0.1, 0.15) is 29.0 Å². The maximum atomic E-state index is 12.5. The van der Waals surface area contributed by atoms with Gasteiger partial charge in [0.1, 0.15) is 5.49 Å². The lowest BCUT2D eigenvalue weighted by Gasteiger charge is -2.07. The number of hydrogen-bond acceptors (Lipinski definition) is 3. The van der Waals surface area contributed by atoms with E-state index in [9.17, 15) is 4.79 Å². The molecule has 0 aliphatic carbocycles. The molecule has 0 atom stereocenters. The number of pyridine rings is 1. The van der Waals surface area contributed by atoms with Crippen LogP contribution in [-0.2, 0) is 17.8 Å². The number of carbonyl (C=O) groups excluding carboxylic acids is 1. The zero-order chi connectivity index (χ0) is 21.6. The highest BCUT2D eigenvalue weighted by molar-refractivity contribution is 5.76. The Bertz CT molecular complexity index is 1230. The minimum absolute atomic E-state index is 0.195. The third kappa shape index (κ3) is 5.45. The fourth-order valence-electron chi connectivity index (χ4n) is 3.27. The molecule has 0 aliphatic heterocycles. The molecule has 156 valence electrons. The SMILES string of the molecule is Cc1ccc(Cn2ccccc2=NC(=O)CCc2ncc(-c3ccc(C)cc3)o2)cc1. The first-order chi connectivity index (χ1) is 15.1. The number of aromatic nitrogens is 2. The Balaban J connectivity index is 1.43. The lowest BCUT2D eigenvalue weighted by atomic mass is 10.1. The summed E-state index contributed by atoms with van der Waals surface area (Å²) in [4.78, 5) is 21.1. The molecule has 2 aromatic carbocycles. The van der Waals surface area contributed by atoms with Crippen molar-refractivity contribution in [3.63, 3.8) is 0 Å². The van der Waals surface area contributed by atoms with E-state index in [2.05, 4.69) is 41.2 Å². The van der Waals surface area contributed by atoms with E-state index in [1.54, 1.807) is 6.20 Å². The smallest absolute Gasteiger partial charge is 0.248 e. The third-order valence-electron chi connectivity index (χ3n) is 5.07. The van der Waals surface area contributed by atoms with Gasteiger partial charge < -0.3 is 8.98 Å². The van der Waals surface area contributed by atoms with E-state index in [0.717, 1.165) is 11.1 Å². The minimum atomic E-state index is -0.195. The average molecular weight is 412 g/mol. The van der Waals surface area contributed by atoms with Crippen molar-refractivity contribution in [2.24, 2.45) is 4.99 Å². The Labute approximate surface area is 181 Å². The van der Waals surface area contributed by atoms with Gasteiger partial charge in [-0.25, -0.2) is 4.98 Å². The first-order valence-electron chi connectivity index (χ1n) is 10.4. The largest absolute Gasteiger partial charge is 0.441 e. The fraction of sp³-hybridized carbons (Fsp3) is 0.192. The van der Waals surface area contributed by atoms with Crippen molar-refractivity contribution in [2.45, 2.75) is 33.2 Å². The summed E-state index contributed by atoms with van der Waals surface area (Å²) in [6.45, 7) is 4.77. The first kappa shape index (κ1) is 20.5. The molecular formula is C26H25N3O2. The maximum Gasteiger partial charge on any atom is 0.248 e. The van der Waals surface area contributed by atoms with Crippen LogP contribution in [-0.4, -0.2) is 15.5 Å². The van der Waals surface area contributed by atoms with Gasteiger partial charge in [0.05, 0.1) is 6.20 Å². The Morgan fingerprint density at radius 2 is 1.68 bits per heavy atom. The molecule has 0 N–H and O–H groups in total. The monoisotopic (exact) mass is 411 g/mol. The summed E-state index contributed by atoms with van der Waals surface area (Å²) >= 11 is 0. The standard InChI is InChI=1S/C26H25N3O2/c1-19-6-10-21(11-7-19)18-29-16-4-3-5-24(29)28-25(30)14-15-26-27-17-23(31-26)22-12-8-20(2)9-13-22/h3-13,16-17H,14-15,18H2,1-2H3. The zero-order valence-electron chi connectivity index (χ0n) is 17.8. The second-order valence-electron chi connectivity index (χ2n) is 7.66. The van der Waals surface area contributed by atoms with Crippen molar-refractivity contribution < 1.29 is 9.21 Å². The number of oxazole rings is 1. The maximum absolute atomic E-state index is 12.5. The molecule has 0 aliphatic rings. The van der Waals surface area contributed by atoms with E-state index in [1.807, 2.05) is 60.2 Å². The van der Waals surface area contributed by atoms with E-state index < -0.39 is 0 Å². The normalized spacial score (nSPS) is 11.6. The van der Waals surface area contributed by atoms with Gasteiger partial charge in [-0.2, -0.15) is 4.99 Å². The molecule has 2 heterocycles. The number of benzene rings is 2. The quantitative estimate of drug-likeness (QED) is 0.455. The van der Waals surface area contributed by atoms with Gasteiger partial charge in [-0.15, -0.1) is 0 Å². The lowest BCUT2D eigenvalue weighted by molar-refractivity contribution is -0.118. The van der Waals surface area contributed by atoms with Gasteiger partial charge in [0.25, 0.3) is 0 Å². The summed E-state index contributed by atoms with van der Waals surface area (Å²) in [5, 5.41) is 0. The van der Waals surface area contributed by atoms with E-state index >= 15 is 0 Å². The first-order valence-corrected chi connectivity index (χ1v) is 10.4. The van der Waals surface area contributed by atoms with Crippen LogP contribution in [0.15, 0.2) is 88.5 Å². The highest BCUT2D eigenvalue weighted by atomic mass is 16.4. The molecule has 31 heavy (non-hydrogen) atoms. The molecule has 0 radical (unpaired) electrons. The van der Waals surface area contributed by atoms with Crippen LogP contribution in [0.4, 0.5) is 0 Å². The van der Waals surface area contributed by atoms with E-state index in [4.69, 9.17) is 4.42 Å². The van der Waals surface area contributed by atoms with Crippen molar-refractivity contribution in [3.8, 4) is 11.3 Å². The van der Waals surface area contributed by atoms with Crippen molar-refractivity contribution >= 4 is 5.91 Å². The lowest BCUT2D eigenvalue weighted by Crippen LogP contribution is -2.22. The van der Waals surface area contributed by atoms with Crippen LogP contribution in [0.2, 0.25) is 0 Å². The van der Waals surface area contributed by atoms with E-state index in [0.29, 0.717) is 30.1 Å². The Morgan fingerprint density at radius 3 is 2.42 bits per heavy atom. The molecule has 0 saturated carbocycles. The molecule has 0 fully saturated rings. The second kappa shape index (κ2) is 9.39. The molecule has 0 bridgehead atoms. The van der Waals surface area contributed by atoms with Crippen molar-refractivity contribution in [1.82, 2.24) is 9.55 Å². The summed E-state index contributed by atoms with van der Waals surface area (Å²) in [7, 11) is 0. The van der Waals surface area contributed by atoms with Gasteiger partial charge in [0.15, 0.2) is 11.7 Å². The molecular weight excluding hydrogens is 386 g/mol. The number of rotatable bonds is 6. The Morgan fingerprint density at radius 1 is 0.968 bits per heavy atom. The van der Waals surface area contributed by atoms with Gasteiger partial charge in [-0.05, 0) is 31.5 Å². The predicted molar refractivity (Wildman–Crippen MR) is 120 cm³/mol. The topological polar surface area (TPSA) is 60.4 Å². The number of carbonyl (C=O) groups is 1. The van der Waals surface area contributed by atoms with Crippen molar-refractivity contribution in [1.29, 1.82) is 0 Å². The summed E-state index contributed by atoms with van der Waals surface area (Å²) < 4.78 is 7.79. The molecule has 5 nitrogen and oxygen atoms in total. The molecule has 1 amide bonds. The molecule has 0 unspecified atom stereocenters. The van der Waals surface area contributed by atoms with Crippen LogP contribution in [0.25, 0.3) is 11.3 Å². The molecule has 4 rings (SSSR count). The molecule has 0 saturated heterocycles. The minimum Gasteiger partial charge on any atom is -0.441 e.